The van der Waals surface area contributed by atoms with Crippen LogP contribution in [0.15, 0.2) is 35.1 Å². The number of nitrogens with zero attached hydrogens (tertiary/aromatic N) is 3. The number of fused-ring (bicyclic) bond motifs is 1. The van der Waals surface area contributed by atoms with Gasteiger partial charge in [-0.15, -0.1) is 5.10 Å². The first-order chi connectivity index (χ1) is 12.3. The Kier molecular flexibility index (Phi) is 4.38. The molecule has 0 saturated heterocycles. The molecule has 0 unspecified atom stereocenters. The molecule has 1 aliphatic carbocycles. The summed E-state index contributed by atoms with van der Waals surface area (Å²) in [5.41, 5.74) is 2.26. The largest absolute Gasteiger partial charge is 0.303 e. The number of aryl methyl sites for hydroxylation is 1. The van der Waals surface area contributed by atoms with E-state index < -0.39 is 0 Å². The van der Waals surface area contributed by atoms with Crippen LogP contribution in [0.5, 0.6) is 0 Å². The standard InChI is InChI=1S/C20H24N4O/c1-2-16-18-20(25)22-19(15-11-7-4-8-12-15)23-24(18)17(21-16)13-14-9-5-3-6-10-14/h4,7-8,11-12,14H,2-3,5-6,9-10,13H2,1H3,(H,22,23,25). The van der Waals surface area contributed by atoms with Crippen LogP contribution in [0.2, 0.25) is 0 Å². The Morgan fingerprint density at radius 2 is 1.92 bits per heavy atom. The van der Waals surface area contributed by atoms with E-state index in [-0.39, 0.29) is 5.56 Å². The second-order valence-corrected chi connectivity index (χ2v) is 6.97. The average Bonchev–Trinajstić information content (AvgIpc) is 3.01. The molecule has 3 aromatic rings. The molecule has 130 valence electrons. The van der Waals surface area contributed by atoms with Gasteiger partial charge in [-0.2, -0.15) is 0 Å². The maximum Gasteiger partial charge on any atom is 0.277 e. The Hall–Kier alpha value is -2.43. The molecule has 0 aliphatic heterocycles. The van der Waals surface area contributed by atoms with E-state index in [4.69, 9.17) is 10.1 Å². The van der Waals surface area contributed by atoms with Crippen molar-refractivity contribution in [3.05, 3.63) is 52.2 Å². The van der Waals surface area contributed by atoms with Crippen molar-refractivity contribution >= 4 is 5.52 Å². The normalized spacial score (nSPS) is 15.7. The van der Waals surface area contributed by atoms with Gasteiger partial charge in [-0.05, 0) is 12.3 Å². The number of H-pyrrole nitrogens is 1. The minimum absolute atomic E-state index is 0.104. The first kappa shape index (κ1) is 16.1. The minimum atomic E-state index is -0.104. The fourth-order valence-corrected chi connectivity index (χ4v) is 3.89. The number of hydrogen-bond acceptors (Lipinski definition) is 3. The summed E-state index contributed by atoms with van der Waals surface area (Å²) in [6, 6.07) is 9.79. The molecule has 0 amide bonds. The second kappa shape index (κ2) is 6.82. The van der Waals surface area contributed by atoms with Gasteiger partial charge in [-0.25, -0.2) is 9.50 Å². The molecular formula is C20H24N4O. The van der Waals surface area contributed by atoms with E-state index in [0.717, 1.165) is 29.9 Å². The number of nitrogens with one attached hydrogen (secondary N) is 1. The number of aromatic nitrogens is 4. The van der Waals surface area contributed by atoms with Crippen molar-refractivity contribution in [1.82, 2.24) is 19.6 Å². The van der Waals surface area contributed by atoms with Gasteiger partial charge >= 0.3 is 0 Å². The van der Waals surface area contributed by atoms with E-state index in [0.29, 0.717) is 17.3 Å². The van der Waals surface area contributed by atoms with E-state index >= 15 is 0 Å². The highest BCUT2D eigenvalue weighted by molar-refractivity contribution is 5.57. The SMILES string of the molecule is CCc1nc(CC2CCCCC2)n2nc(-c3ccccc3)[nH]c(=O)c12. The number of rotatable bonds is 4. The zero-order valence-corrected chi connectivity index (χ0v) is 14.7. The lowest BCUT2D eigenvalue weighted by Gasteiger charge is -2.20. The Morgan fingerprint density at radius 3 is 2.64 bits per heavy atom. The summed E-state index contributed by atoms with van der Waals surface area (Å²) in [4.78, 5) is 20.4. The van der Waals surface area contributed by atoms with Crippen LogP contribution < -0.4 is 5.56 Å². The van der Waals surface area contributed by atoms with Gasteiger partial charge in [0, 0.05) is 12.0 Å². The molecule has 0 bridgehead atoms. The Balaban J connectivity index is 1.82. The van der Waals surface area contributed by atoms with E-state index in [1.807, 2.05) is 37.3 Å². The average molecular weight is 336 g/mol. The van der Waals surface area contributed by atoms with Crippen molar-refractivity contribution in [2.24, 2.45) is 5.92 Å². The molecule has 1 saturated carbocycles. The van der Waals surface area contributed by atoms with Crippen molar-refractivity contribution in [2.45, 2.75) is 51.9 Å². The summed E-state index contributed by atoms with van der Waals surface area (Å²) in [6.45, 7) is 2.04. The van der Waals surface area contributed by atoms with Crippen molar-refractivity contribution in [1.29, 1.82) is 0 Å². The fraction of sp³-hybridized carbons (Fsp3) is 0.450. The molecule has 2 heterocycles. The van der Waals surface area contributed by atoms with Crippen LogP contribution in [0.4, 0.5) is 0 Å². The van der Waals surface area contributed by atoms with Crippen molar-refractivity contribution in [3.8, 4) is 11.4 Å². The third-order valence-electron chi connectivity index (χ3n) is 5.22. The molecule has 5 nitrogen and oxygen atoms in total. The van der Waals surface area contributed by atoms with Crippen LogP contribution in [0.3, 0.4) is 0 Å². The van der Waals surface area contributed by atoms with Gasteiger partial charge in [0.05, 0.1) is 5.69 Å². The summed E-state index contributed by atoms with van der Waals surface area (Å²) >= 11 is 0. The molecule has 4 rings (SSSR count). The van der Waals surface area contributed by atoms with Crippen LogP contribution in [0.1, 0.15) is 50.5 Å². The molecule has 0 radical (unpaired) electrons. The molecule has 1 aromatic carbocycles. The Morgan fingerprint density at radius 1 is 1.16 bits per heavy atom. The topological polar surface area (TPSA) is 63.1 Å². The molecule has 25 heavy (non-hydrogen) atoms. The quantitative estimate of drug-likeness (QED) is 0.789. The third kappa shape index (κ3) is 3.11. The van der Waals surface area contributed by atoms with Gasteiger partial charge in [-0.1, -0.05) is 69.4 Å². The predicted molar refractivity (Wildman–Crippen MR) is 98.7 cm³/mol. The molecule has 1 N–H and O–H groups in total. The number of aromatic amines is 1. The van der Waals surface area contributed by atoms with Gasteiger partial charge < -0.3 is 4.98 Å². The number of benzene rings is 1. The Labute approximate surface area is 147 Å². The molecule has 1 aliphatic rings. The summed E-state index contributed by atoms with van der Waals surface area (Å²) in [5.74, 6) is 2.19. The molecule has 2 aromatic heterocycles. The fourth-order valence-electron chi connectivity index (χ4n) is 3.89. The van der Waals surface area contributed by atoms with Crippen LogP contribution in [-0.4, -0.2) is 19.6 Å². The summed E-state index contributed by atoms with van der Waals surface area (Å²) in [6.07, 6.45) is 8.11. The highest BCUT2D eigenvalue weighted by atomic mass is 16.1. The smallest absolute Gasteiger partial charge is 0.277 e. The van der Waals surface area contributed by atoms with Crippen molar-refractivity contribution in [2.75, 3.05) is 0 Å². The van der Waals surface area contributed by atoms with Crippen molar-refractivity contribution < 1.29 is 0 Å². The molecule has 1 fully saturated rings. The number of hydrogen-bond donors (Lipinski definition) is 1. The zero-order valence-electron chi connectivity index (χ0n) is 14.7. The molecular weight excluding hydrogens is 312 g/mol. The lowest BCUT2D eigenvalue weighted by Crippen LogP contribution is -2.17. The highest BCUT2D eigenvalue weighted by Gasteiger charge is 2.21. The summed E-state index contributed by atoms with van der Waals surface area (Å²) in [5, 5.41) is 4.74. The van der Waals surface area contributed by atoms with E-state index in [1.54, 1.807) is 4.52 Å². The van der Waals surface area contributed by atoms with E-state index in [2.05, 4.69) is 4.98 Å². The number of imidazole rings is 1. The van der Waals surface area contributed by atoms with Crippen LogP contribution >= 0.6 is 0 Å². The molecule has 0 spiro atoms. The highest BCUT2D eigenvalue weighted by Crippen LogP contribution is 2.27. The maximum atomic E-state index is 12.7. The van der Waals surface area contributed by atoms with E-state index in [9.17, 15) is 4.79 Å². The summed E-state index contributed by atoms with van der Waals surface area (Å²) in [7, 11) is 0. The van der Waals surface area contributed by atoms with Gasteiger partial charge in [-0.3, -0.25) is 4.79 Å². The van der Waals surface area contributed by atoms with Gasteiger partial charge in [0.25, 0.3) is 5.56 Å². The van der Waals surface area contributed by atoms with Gasteiger partial charge in [0.15, 0.2) is 11.3 Å². The molecule has 0 atom stereocenters. The van der Waals surface area contributed by atoms with Gasteiger partial charge in [0.2, 0.25) is 0 Å². The second-order valence-electron chi connectivity index (χ2n) is 6.97. The van der Waals surface area contributed by atoms with Crippen molar-refractivity contribution in [3.63, 3.8) is 0 Å². The van der Waals surface area contributed by atoms with Crippen LogP contribution in [-0.2, 0) is 12.8 Å². The maximum absolute atomic E-state index is 12.7. The first-order valence-corrected chi connectivity index (χ1v) is 9.32. The summed E-state index contributed by atoms with van der Waals surface area (Å²) < 4.78 is 1.80. The monoisotopic (exact) mass is 336 g/mol. The lowest BCUT2D eigenvalue weighted by molar-refractivity contribution is 0.350. The van der Waals surface area contributed by atoms with Crippen LogP contribution in [0, 0.1) is 5.92 Å². The van der Waals surface area contributed by atoms with Gasteiger partial charge in [0.1, 0.15) is 5.82 Å². The zero-order chi connectivity index (χ0) is 17.2. The minimum Gasteiger partial charge on any atom is -0.303 e. The molecule has 5 heteroatoms. The third-order valence-corrected chi connectivity index (χ3v) is 5.22. The van der Waals surface area contributed by atoms with E-state index in [1.165, 1.54) is 32.1 Å². The lowest BCUT2D eigenvalue weighted by atomic mass is 9.87. The van der Waals surface area contributed by atoms with Crippen LogP contribution in [0.25, 0.3) is 16.9 Å². The Bertz CT molecular complexity index is 920. The first-order valence-electron chi connectivity index (χ1n) is 9.32. The predicted octanol–water partition coefficient (Wildman–Crippen LogP) is 3.77.